The summed E-state index contributed by atoms with van der Waals surface area (Å²) in [5.41, 5.74) is 3.04. The van der Waals surface area contributed by atoms with Crippen molar-refractivity contribution in [2.75, 3.05) is 13.7 Å². The topological polar surface area (TPSA) is 58.6 Å². The van der Waals surface area contributed by atoms with Gasteiger partial charge in [-0.3, -0.25) is 9.59 Å². The van der Waals surface area contributed by atoms with E-state index in [1.54, 1.807) is 14.0 Å². The average molecular weight is 433 g/mol. The van der Waals surface area contributed by atoms with Crippen LogP contribution in [0.1, 0.15) is 23.6 Å². The molecule has 0 aliphatic rings. The van der Waals surface area contributed by atoms with Crippen LogP contribution in [-0.4, -0.2) is 36.4 Å². The van der Waals surface area contributed by atoms with E-state index in [0.717, 1.165) is 21.2 Å². The number of carbonyl (C=O) groups excluding carboxylic acids is 2. The lowest BCUT2D eigenvalue weighted by Crippen LogP contribution is -2.48. The summed E-state index contributed by atoms with van der Waals surface area (Å²) < 4.78 is 6.68. The summed E-state index contributed by atoms with van der Waals surface area (Å²) >= 11 is 3.44. The highest BCUT2D eigenvalue weighted by molar-refractivity contribution is 9.10. The predicted octanol–water partition coefficient (Wildman–Crippen LogP) is 3.61. The zero-order chi connectivity index (χ0) is 20.0. The predicted molar refractivity (Wildman–Crippen MR) is 110 cm³/mol. The molecule has 27 heavy (non-hydrogen) atoms. The first-order valence-corrected chi connectivity index (χ1v) is 9.57. The number of ether oxygens (including phenoxy) is 1. The second-order valence-electron chi connectivity index (χ2n) is 6.43. The van der Waals surface area contributed by atoms with Gasteiger partial charge < -0.3 is 15.0 Å². The third-order valence-electron chi connectivity index (χ3n) is 4.56. The third kappa shape index (κ3) is 5.57. The molecule has 0 aliphatic heterocycles. The molecule has 6 heteroatoms. The maximum Gasteiger partial charge on any atom is 0.261 e. The Balaban J connectivity index is 2.17. The highest BCUT2D eigenvalue weighted by Gasteiger charge is 2.26. The van der Waals surface area contributed by atoms with Crippen LogP contribution in [0.2, 0.25) is 0 Å². The molecular weight excluding hydrogens is 408 g/mol. The van der Waals surface area contributed by atoms with Crippen LogP contribution < -0.4 is 10.1 Å². The van der Waals surface area contributed by atoms with Gasteiger partial charge in [-0.1, -0.05) is 40.2 Å². The average Bonchev–Trinajstić information content (AvgIpc) is 2.66. The van der Waals surface area contributed by atoms with Gasteiger partial charge >= 0.3 is 0 Å². The monoisotopic (exact) mass is 432 g/mol. The minimum absolute atomic E-state index is 0.125. The molecule has 0 heterocycles. The van der Waals surface area contributed by atoms with Crippen molar-refractivity contribution in [2.24, 2.45) is 0 Å². The van der Waals surface area contributed by atoms with Crippen molar-refractivity contribution in [3.8, 4) is 5.75 Å². The Kier molecular flexibility index (Phi) is 7.42. The van der Waals surface area contributed by atoms with Crippen molar-refractivity contribution in [3.05, 3.63) is 63.6 Å². The fraction of sp³-hybridized carbons (Fsp3) is 0.333. The van der Waals surface area contributed by atoms with E-state index in [4.69, 9.17) is 4.74 Å². The number of halogens is 1. The van der Waals surface area contributed by atoms with Crippen LogP contribution in [0.4, 0.5) is 0 Å². The number of amides is 2. The number of hydrogen-bond acceptors (Lipinski definition) is 3. The molecule has 0 spiro atoms. The van der Waals surface area contributed by atoms with Gasteiger partial charge in [-0.05, 0) is 55.7 Å². The number of nitrogens with zero attached hydrogens (tertiary/aromatic N) is 1. The molecule has 0 aromatic heterocycles. The summed E-state index contributed by atoms with van der Waals surface area (Å²) in [6.45, 7) is 5.87. The van der Waals surface area contributed by atoms with E-state index in [0.29, 0.717) is 12.3 Å². The Bertz CT molecular complexity index is 823. The SMILES string of the molecule is CNC(=O)[C@@H](C)N(Cc1cccc(Br)c1)C(=O)COc1cccc(C)c1C. The minimum Gasteiger partial charge on any atom is -0.483 e. The van der Waals surface area contributed by atoms with Gasteiger partial charge in [0, 0.05) is 18.1 Å². The van der Waals surface area contributed by atoms with Gasteiger partial charge in [0.15, 0.2) is 6.61 Å². The zero-order valence-corrected chi connectivity index (χ0v) is 17.7. The molecule has 1 atom stereocenters. The molecule has 1 N–H and O–H groups in total. The quantitative estimate of drug-likeness (QED) is 0.726. The summed E-state index contributed by atoms with van der Waals surface area (Å²) in [5, 5.41) is 2.60. The van der Waals surface area contributed by atoms with E-state index >= 15 is 0 Å². The van der Waals surface area contributed by atoms with E-state index in [9.17, 15) is 9.59 Å². The highest BCUT2D eigenvalue weighted by atomic mass is 79.9. The molecule has 0 radical (unpaired) electrons. The molecule has 2 aromatic rings. The van der Waals surface area contributed by atoms with E-state index in [-0.39, 0.29) is 18.4 Å². The van der Waals surface area contributed by atoms with Gasteiger partial charge in [-0.25, -0.2) is 0 Å². The highest BCUT2D eigenvalue weighted by Crippen LogP contribution is 2.21. The maximum absolute atomic E-state index is 12.9. The number of aryl methyl sites for hydroxylation is 1. The number of likely N-dealkylation sites (N-methyl/N-ethyl adjacent to an activating group) is 1. The van der Waals surface area contributed by atoms with Crippen LogP contribution in [0.25, 0.3) is 0 Å². The van der Waals surface area contributed by atoms with E-state index in [1.807, 2.05) is 56.3 Å². The third-order valence-corrected chi connectivity index (χ3v) is 5.05. The Hall–Kier alpha value is -2.34. The smallest absolute Gasteiger partial charge is 0.261 e. The normalized spacial score (nSPS) is 11.6. The Morgan fingerprint density at radius 1 is 1.19 bits per heavy atom. The van der Waals surface area contributed by atoms with Crippen LogP contribution in [0.5, 0.6) is 5.75 Å². The summed E-state index contributed by atoms with van der Waals surface area (Å²) in [6.07, 6.45) is 0. The summed E-state index contributed by atoms with van der Waals surface area (Å²) in [5.74, 6) is 0.218. The van der Waals surface area contributed by atoms with E-state index in [1.165, 1.54) is 4.90 Å². The Labute approximate surface area is 168 Å². The molecule has 2 rings (SSSR count). The fourth-order valence-electron chi connectivity index (χ4n) is 2.73. The second-order valence-corrected chi connectivity index (χ2v) is 7.34. The maximum atomic E-state index is 12.9. The van der Waals surface area contributed by atoms with Gasteiger partial charge in [0.25, 0.3) is 5.91 Å². The van der Waals surface area contributed by atoms with Crippen molar-refractivity contribution in [3.63, 3.8) is 0 Å². The number of rotatable bonds is 7. The lowest BCUT2D eigenvalue weighted by atomic mass is 10.1. The standard InChI is InChI=1S/C21H25BrN2O3/c1-14-7-5-10-19(15(14)2)27-13-20(25)24(16(3)21(26)23-4)12-17-8-6-9-18(22)11-17/h5-11,16H,12-13H2,1-4H3,(H,23,26)/t16-/m1/s1. The van der Waals surface area contributed by atoms with Gasteiger partial charge in [-0.15, -0.1) is 0 Å². The van der Waals surface area contributed by atoms with E-state index < -0.39 is 6.04 Å². The minimum atomic E-state index is -0.608. The van der Waals surface area contributed by atoms with Gasteiger partial charge in [-0.2, -0.15) is 0 Å². The molecule has 144 valence electrons. The van der Waals surface area contributed by atoms with Crippen LogP contribution in [0, 0.1) is 13.8 Å². The van der Waals surface area contributed by atoms with Crippen LogP contribution in [-0.2, 0) is 16.1 Å². The molecular formula is C21H25BrN2O3. The Morgan fingerprint density at radius 3 is 2.56 bits per heavy atom. The van der Waals surface area contributed by atoms with E-state index in [2.05, 4.69) is 21.2 Å². The first-order chi connectivity index (χ1) is 12.8. The van der Waals surface area contributed by atoms with Crippen LogP contribution in [0.3, 0.4) is 0 Å². The van der Waals surface area contributed by atoms with Crippen molar-refractivity contribution in [1.29, 1.82) is 0 Å². The molecule has 0 fully saturated rings. The van der Waals surface area contributed by atoms with Gasteiger partial charge in [0.05, 0.1) is 0 Å². The lowest BCUT2D eigenvalue weighted by molar-refractivity contribution is -0.142. The molecule has 0 unspecified atom stereocenters. The molecule has 2 aromatic carbocycles. The van der Waals surface area contributed by atoms with Gasteiger partial charge in [0.2, 0.25) is 5.91 Å². The molecule has 2 amide bonds. The molecule has 0 saturated heterocycles. The molecule has 5 nitrogen and oxygen atoms in total. The summed E-state index contributed by atoms with van der Waals surface area (Å²) in [7, 11) is 1.56. The lowest BCUT2D eigenvalue weighted by Gasteiger charge is -2.28. The second kappa shape index (κ2) is 9.55. The van der Waals surface area contributed by atoms with Crippen LogP contribution in [0.15, 0.2) is 46.9 Å². The largest absolute Gasteiger partial charge is 0.483 e. The van der Waals surface area contributed by atoms with Crippen molar-refractivity contribution in [1.82, 2.24) is 10.2 Å². The summed E-state index contributed by atoms with van der Waals surface area (Å²) in [6, 6.07) is 12.8. The summed E-state index contributed by atoms with van der Waals surface area (Å²) in [4.78, 5) is 26.5. The number of hydrogen-bond donors (Lipinski definition) is 1. The number of benzene rings is 2. The fourth-order valence-corrected chi connectivity index (χ4v) is 3.17. The van der Waals surface area contributed by atoms with Crippen molar-refractivity contribution in [2.45, 2.75) is 33.4 Å². The number of nitrogens with one attached hydrogen (secondary N) is 1. The first-order valence-electron chi connectivity index (χ1n) is 8.78. The Morgan fingerprint density at radius 2 is 1.89 bits per heavy atom. The van der Waals surface area contributed by atoms with Crippen molar-refractivity contribution < 1.29 is 14.3 Å². The van der Waals surface area contributed by atoms with Gasteiger partial charge in [0.1, 0.15) is 11.8 Å². The first kappa shape index (κ1) is 21.0. The number of carbonyl (C=O) groups is 2. The molecule has 0 saturated carbocycles. The van der Waals surface area contributed by atoms with Crippen LogP contribution >= 0.6 is 15.9 Å². The molecule has 0 aliphatic carbocycles. The molecule has 0 bridgehead atoms. The van der Waals surface area contributed by atoms with Crippen molar-refractivity contribution >= 4 is 27.7 Å². The zero-order valence-electron chi connectivity index (χ0n) is 16.1.